The van der Waals surface area contributed by atoms with Crippen LogP contribution in [0.1, 0.15) is 57.1 Å². The van der Waals surface area contributed by atoms with E-state index in [2.05, 4.69) is 41.0 Å². The van der Waals surface area contributed by atoms with E-state index in [1.807, 2.05) is 20.0 Å². The van der Waals surface area contributed by atoms with E-state index in [0.717, 1.165) is 38.2 Å². The predicted octanol–water partition coefficient (Wildman–Crippen LogP) is 3.71. The molecule has 180 valence electrons. The zero-order valence-corrected chi connectivity index (χ0v) is 20.5. The van der Waals surface area contributed by atoms with Crippen LogP contribution in [0.25, 0.3) is 0 Å². The molecule has 8 nitrogen and oxygen atoms in total. The number of H-pyrrole nitrogens is 1. The molecular weight excluding hydrogens is 418 g/mol. The summed E-state index contributed by atoms with van der Waals surface area (Å²) in [6.45, 7) is 14.4. The lowest BCUT2D eigenvalue weighted by atomic mass is 9.81. The van der Waals surface area contributed by atoms with E-state index in [1.54, 1.807) is 35.5 Å². The van der Waals surface area contributed by atoms with Crippen LogP contribution in [0.5, 0.6) is 5.75 Å². The lowest BCUT2D eigenvalue weighted by Crippen LogP contribution is -2.49. The number of amides is 2. The van der Waals surface area contributed by atoms with Crippen molar-refractivity contribution in [2.24, 2.45) is 5.41 Å². The fourth-order valence-electron chi connectivity index (χ4n) is 4.44. The van der Waals surface area contributed by atoms with Gasteiger partial charge in [0.05, 0.1) is 6.33 Å². The second-order valence-electron chi connectivity index (χ2n) is 10.6. The molecule has 0 unspecified atom stereocenters. The largest absolute Gasteiger partial charge is 0.415 e. The number of nitrogens with one attached hydrogen (secondary N) is 2. The molecule has 0 spiro atoms. The first kappa shape index (κ1) is 24.8. The minimum Gasteiger partial charge on any atom is -0.410 e. The number of carbonyl (C=O) groups excluding carboxylic acids is 2. The fourth-order valence-corrected chi connectivity index (χ4v) is 4.44. The summed E-state index contributed by atoms with van der Waals surface area (Å²) in [4.78, 5) is 36.4. The lowest BCUT2D eigenvalue weighted by molar-refractivity contribution is 0.0891. The lowest BCUT2D eigenvalue weighted by Gasteiger charge is -2.34. The minimum absolute atomic E-state index is 0.111. The molecule has 1 aliphatic rings. The number of aromatic amines is 1. The smallest absolute Gasteiger partial charge is 0.410 e. The van der Waals surface area contributed by atoms with Crippen molar-refractivity contribution in [3.05, 3.63) is 48.0 Å². The molecule has 33 heavy (non-hydrogen) atoms. The molecule has 1 fully saturated rings. The standard InChI is InChI=1S/C25H37N5O3/c1-24(2,3)17-25(4,5)28-22(31)19-6-8-21(9-7-19)33-23(32)30-14-12-29(13-15-30)11-10-20-16-26-18-27-20/h6-9,16,18H,10-15,17H2,1-5H3,(H,26,27)(H,28,31). The molecule has 1 aromatic carbocycles. The third-order valence-corrected chi connectivity index (χ3v) is 5.63. The average Bonchev–Trinajstić information content (AvgIpc) is 3.24. The molecule has 0 atom stereocenters. The Labute approximate surface area is 196 Å². The number of ether oxygens (including phenoxy) is 1. The van der Waals surface area contributed by atoms with Crippen molar-refractivity contribution < 1.29 is 14.3 Å². The first-order valence-electron chi connectivity index (χ1n) is 11.6. The number of hydrogen-bond donors (Lipinski definition) is 2. The quantitative estimate of drug-likeness (QED) is 0.664. The van der Waals surface area contributed by atoms with Crippen LogP contribution in [0, 0.1) is 5.41 Å². The number of imidazole rings is 1. The number of nitrogens with zero attached hydrogens (tertiary/aromatic N) is 3. The Kier molecular flexibility index (Phi) is 7.79. The van der Waals surface area contributed by atoms with Crippen LogP contribution in [0.15, 0.2) is 36.8 Å². The second kappa shape index (κ2) is 10.4. The molecule has 1 saturated heterocycles. The molecule has 0 radical (unpaired) electrons. The van der Waals surface area contributed by atoms with Gasteiger partial charge >= 0.3 is 6.09 Å². The summed E-state index contributed by atoms with van der Waals surface area (Å²) in [6.07, 6.45) is 4.95. The second-order valence-corrected chi connectivity index (χ2v) is 10.6. The van der Waals surface area contributed by atoms with Gasteiger partial charge in [-0.05, 0) is 49.9 Å². The predicted molar refractivity (Wildman–Crippen MR) is 128 cm³/mol. The molecule has 0 saturated carbocycles. The van der Waals surface area contributed by atoms with Gasteiger partial charge in [-0.15, -0.1) is 0 Å². The van der Waals surface area contributed by atoms with Crippen LogP contribution in [-0.4, -0.2) is 70.0 Å². The van der Waals surface area contributed by atoms with Crippen LogP contribution >= 0.6 is 0 Å². The van der Waals surface area contributed by atoms with E-state index in [4.69, 9.17) is 4.74 Å². The van der Waals surface area contributed by atoms with Crippen LogP contribution in [0.4, 0.5) is 4.79 Å². The number of benzene rings is 1. The van der Waals surface area contributed by atoms with Gasteiger partial charge in [-0.2, -0.15) is 0 Å². The minimum atomic E-state index is -0.355. The van der Waals surface area contributed by atoms with Gasteiger partial charge < -0.3 is 19.9 Å². The van der Waals surface area contributed by atoms with Crippen molar-refractivity contribution in [3.8, 4) is 5.75 Å². The van der Waals surface area contributed by atoms with E-state index in [-0.39, 0.29) is 23.0 Å². The Hall–Kier alpha value is -2.87. The highest BCUT2D eigenvalue weighted by atomic mass is 16.6. The van der Waals surface area contributed by atoms with Gasteiger partial charge in [0.15, 0.2) is 0 Å². The van der Waals surface area contributed by atoms with Crippen molar-refractivity contribution >= 4 is 12.0 Å². The highest BCUT2D eigenvalue weighted by Gasteiger charge is 2.27. The van der Waals surface area contributed by atoms with E-state index in [1.165, 1.54) is 0 Å². The van der Waals surface area contributed by atoms with Gasteiger partial charge in [-0.25, -0.2) is 9.78 Å². The summed E-state index contributed by atoms with van der Waals surface area (Å²) in [5.41, 5.74) is 1.45. The Morgan fingerprint density at radius 3 is 2.30 bits per heavy atom. The fraction of sp³-hybridized carbons (Fsp3) is 0.560. The van der Waals surface area contributed by atoms with Crippen LogP contribution in [-0.2, 0) is 6.42 Å². The number of rotatable bonds is 7. The molecular formula is C25H37N5O3. The maximum absolute atomic E-state index is 12.6. The van der Waals surface area contributed by atoms with Gasteiger partial charge in [0.25, 0.3) is 5.91 Å². The van der Waals surface area contributed by atoms with Crippen LogP contribution in [0.3, 0.4) is 0 Å². The highest BCUT2D eigenvalue weighted by molar-refractivity contribution is 5.94. The number of carbonyl (C=O) groups is 2. The molecule has 2 N–H and O–H groups in total. The summed E-state index contributed by atoms with van der Waals surface area (Å²) < 4.78 is 5.53. The number of piperazine rings is 1. The Morgan fingerprint density at radius 1 is 1.06 bits per heavy atom. The zero-order chi connectivity index (χ0) is 24.1. The molecule has 0 aliphatic carbocycles. The van der Waals surface area contributed by atoms with Gasteiger partial charge in [-0.3, -0.25) is 9.69 Å². The molecule has 8 heteroatoms. The van der Waals surface area contributed by atoms with Crippen molar-refractivity contribution in [3.63, 3.8) is 0 Å². The Bertz CT molecular complexity index is 909. The molecule has 2 heterocycles. The average molecular weight is 456 g/mol. The topological polar surface area (TPSA) is 90.6 Å². The third-order valence-electron chi connectivity index (χ3n) is 5.63. The first-order valence-corrected chi connectivity index (χ1v) is 11.6. The summed E-state index contributed by atoms with van der Waals surface area (Å²) in [7, 11) is 0. The van der Waals surface area contributed by atoms with Crippen molar-refractivity contribution in [1.82, 2.24) is 25.1 Å². The van der Waals surface area contributed by atoms with Gasteiger partial charge in [0.1, 0.15) is 5.75 Å². The van der Waals surface area contributed by atoms with Crippen molar-refractivity contribution in [2.75, 3.05) is 32.7 Å². The van der Waals surface area contributed by atoms with Gasteiger partial charge in [0, 0.05) is 62.1 Å². The summed E-state index contributed by atoms with van der Waals surface area (Å²) in [5.74, 6) is 0.306. The molecule has 0 bridgehead atoms. The molecule has 2 aromatic rings. The third kappa shape index (κ3) is 7.89. The van der Waals surface area contributed by atoms with Crippen LogP contribution in [0.2, 0.25) is 0 Å². The van der Waals surface area contributed by atoms with E-state index in [9.17, 15) is 9.59 Å². The summed E-state index contributed by atoms with van der Waals surface area (Å²) in [6, 6.07) is 6.73. The number of hydrogen-bond acceptors (Lipinski definition) is 5. The van der Waals surface area contributed by atoms with E-state index < -0.39 is 0 Å². The Balaban J connectivity index is 1.45. The highest BCUT2D eigenvalue weighted by Crippen LogP contribution is 2.27. The van der Waals surface area contributed by atoms with Gasteiger partial charge in [-0.1, -0.05) is 20.8 Å². The van der Waals surface area contributed by atoms with Gasteiger partial charge in [0.2, 0.25) is 0 Å². The SMILES string of the molecule is CC(C)(C)CC(C)(C)NC(=O)c1ccc(OC(=O)N2CCN(CCc3cnc[nH]3)CC2)cc1. The normalized spacial score (nSPS) is 15.4. The number of aromatic nitrogens is 2. The van der Waals surface area contributed by atoms with Crippen LogP contribution < -0.4 is 10.1 Å². The van der Waals surface area contributed by atoms with Crippen molar-refractivity contribution in [1.29, 1.82) is 0 Å². The maximum Gasteiger partial charge on any atom is 0.415 e. The molecule has 1 aromatic heterocycles. The zero-order valence-electron chi connectivity index (χ0n) is 20.5. The molecule has 3 rings (SSSR count). The maximum atomic E-state index is 12.6. The van der Waals surface area contributed by atoms with E-state index >= 15 is 0 Å². The summed E-state index contributed by atoms with van der Waals surface area (Å²) in [5, 5.41) is 3.10. The summed E-state index contributed by atoms with van der Waals surface area (Å²) >= 11 is 0. The Morgan fingerprint density at radius 2 is 1.73 bits per heavy atom. The monoisotopic (exact) mass is 455 g/mol. The molecule has 2 amide bonds. The van der Waals surface area contributed by atoms with E-state index in [0.29, 0.717) is 24.4 Å². The first-order chi connectivity index (χ1) is 15.5. The molecule has 1 aliphatic heterocycles. The van der Waals surface area contributed by atoms with Crippen molar-refractivity contribution in [2.45, 2.75) is 53.0 Å².